The number of hydrogen-bond donors (Lipinski definition) is 0. The van der Waals surface area contributed by atoms with Crippen molar-refractivity contribution < 1.29 is 0 Å². The van der Waals surface area contributed by atoms with Crippen molar-refractivity contribution in [3.05, 3.63) is 156 Å². The Bertz CT molecular complexity index is 935. The van der Waals surface area contributed by atoms with Gasteiger partial charge in [0.15, 0.2) is 0 Å². The summed E-state index contributed by atoms with van der Waals surface area (Å²) in [6.45, 7) is 0. The van der Waals surface area contributed by atoms with Gasteiger partial charge >= 0.3 is 0 Å². The molecule has 4 aromatic rings. The van der Waals surface area contributed by atoms with Crippen molar-refractivity contribution >= 4 is 0 Å². The topological polar surface area (TPSA) is 0 Å². The van der Waals surface area contributed by atoms with Gasteiger partial charge in [0.2, 0.25) is 0 Å². The van der Waals surface area contributed by atoms with Crippen molar-refractivity contribution in [2.24, 2.45) is 0 Å². The second-order valence-electron chi connectivity index (χ2n) is 7.75. The summed E-state index contributed by atoms with van der Waals surface area (Å²) in [5.74, 6) is 2.47. The second-order valence-corrected chi connectivity index (χ2v) is 7.75. The molecule has 0 aromatic heterocycles. The number of rotatable bonds is 4. The van der Waals surface area contributed by atoms with Gasteiger partial charge in [0.1, 0.15) is 0 Å². The van der Waals surface area contributed by atoms with E-state index in [9.17, 15) is 0 Å². The van der Waals surface area contributed by atoms with Crippen molar-refractivity contribution in [3.63, 3.8) is 0 Å². The quantitative estimate of drug-likeness (QED) is 0.333. The van der Waals surface area contributed by atoms with Gasteiger partial charge in [0.25, 0.3) is 0 Å². The largest absolute Gasteiger partial charge is 0.357 e. The Morgan fingerprint density at radius 1 is 0.483 bits per heavy atom. The van der Waals surface area contributed by atoms with Crippen LogP contribution in [0.1, 0.15) is 40.0 Å². The van der Waals surface area contributed by atoms with Crippen LogP contribution in [0.25, 0.3) is 0 Å². The van der Waals surface area contributed by atoms with E-state index in [4.69, 9.17) is 0 Å². The highest BCUT2D eigenvalue weighted by atomic mass is 14.5. The van der Waals surface area contributed by atoms with E-state index >= 15 is 0 Å². The van der Waals surface area contributed by atoms with Crippen LogP contribution >= 0.6 is 0 Å². The summed E-state index contributed by atoms with van der Waals surface area (Å²) in [5, 5.41) is 0. The van der Waals surface area contributed by atoms with Crippen LogP contribution < -0.4 is 0 Å². The third kappa shape index (κ3) is 3.47. The molecule has 0 aliphatic heterocycles. The summed E-state index contributed by atoms with van der Waals surface area (Å²) < 4.78 is 0. The summed E-state index contributed by atoms with van der Waals surface area (Å²) in [6.07, 6.45) is 2.51. The van der Waals surface area contributed by atoms with Gasteiger partial charge in [-0.1, -0.05) is 114 Å². The first kappa shape index (κ1) is 17.8. The molecule has 3 atom stereocenters. The fraction of sp³-hybridized carbons (Fsp3) is 0.103. The van der Waals surface area contributed by atoms with Gasteiger partial charge in [-0.25, -0.2) is 5.56 Å². The monoisotopic (exact) mass is 372 g/mol. The first-order valence-electron chi connectivity index (χ1n) is 10.3. The molecule has 142 valence electrons. The molecule has 0 amide bonds. The van der Waals surface area contributed by atoms with E-state index < -0.39 is 0 Å². The van der Waals surface area contributed by atoms with Gasteiger partial charge in [0, 0.05) is 0 Å². The molecule has 0 spiro atoms. The standard InChI is InChI=1S/C29H24/c1-5-13-22(14-6-1)26-21-27(23-15-7-2-8-16-23)29(25-19-11-4-12-20-25)28(26)24-17-9-3-10-18-24/h1-21,26,28-29H/q-2. The van der Waals surface area contributed by atoms with Crippen molar-refractivity contribution in [1.29, 1.82) is 0 Å². The molecule has 0 saturated heterocycles. The predicted octanol–water partition coefficient (Wildman–Crippen LogP) is 7.18. The number of hydrogen-bond acceptors (Lipinski definition) is 0. The zero-order valence-corrected chi connectivity index (χ0v) is 16.4. The molecule has 0 heteroatoms. The minimum absolute atomic E-state index is 0.325. The van der Waals surface area contributed by atoms with Crippen molar-refractivity contribution in [2.75, 3.05) is 0 Å². The minimum Gasteiger partial charge on any atom is -0.357 e. The summed E-state index contributed by atoms with van der Waals surface area (Å²) in [6, 6.07) is 43.9. The first-order valence-corrected chi connectivity index (χ1v) is 10.3. The smallest absolute Gasteiger partial charge is 0.0395 e. The van der Waals surface area contributed by atoms with Crippen LogP contribution in [0, 0.1) is 12.3 Å². The van der Waals surface area contributed by atoms with Gasteiger partial charge in [-0.3, -0.25) is 0 Å². The van der Waals surface area contributed by atoms with Crippen LogP contribution in [-0.4, -0.2) is 0 Å². The lowest BCUT2D eigenvalue weighted by molar-refractivity contribution is 0.593. The normalized spacial score (nSPS) is 21.2. The Morgan fingerprint density at radius 3 is 1.48 bits per heavy atom. The average Bonchev–Trinajstić information content (AvgIpc) is 3.22. The first-order chi connectivity index (χ1) is 14.4. The van der Waals surface area contributed by atoms with Crippen LogP contribution in [0.5, 0.6) is 0 Å². The maximum absolute atomic E-state index is 2.51. The molecule has 0 heterocycles. The van der Waals surface area contributed by atoms with E-state index in [2.05, 4.69) is 128 Å². The zero-order chi connectivity index (χ0) is 19.5. The maximum atomic E-state index is 2.51. The maximum Gasteiger partial charge on any atom is -0.0395 e. The SMILES string of the molecule is c1ccc([C-]2[CH-]C(c3ccccc3)C(c3ccccc3)C2c2ccccc2)cc1. The van der Waals surface area contributed by atoms with E-state index in [1.165, 1.54) is 28.2 Å². The van der Waals surface area contributed by atoms with E-state index in [1.807, 2.05) is 0 Å². The van der Waals surface area contributed by atoms with Gasteiger partial charge in [-0.2, -0.15) is 12.1 Å². The van der Waals surface area contributed by atoms with E-state index in [1.54, 1.807) is 0 Å². The Morgan fingerprint density at radius 2 is 0.931 bits per heavy atom. The van der Waals surface area contributed by atoms with E-state index in [0.29, 0.717) is 17.8 Å². The lowest BCUT2D eigenvalue weighted by Gasteiger charge is -2.38. The van der Waals surface area contributed by atoms with Gasteiger partial charge in [-0.15, -0.1) is 18.1 Å². The molecule has 0 radical (unpaired) electrons. The molecule has 29 heavy (non-hydrogen) atoms. The molecular formula is C29H24-2. The highest BCUT2D eigenvalue weighted by molar-refractivity contribution is 5.54. The summed E-state index contributed by atoms with van der Waals surface area (Å²) >= 11 is 0. The minimum atomic E-state index is 0.325. The molecule has 1 aliphatic rings. The summed E-state index contributed by atoms with van der Waals surface area (Å²) in [4.78, 5) is 0. The molecule has 0 bridgehead atoms. The molecule has 4 aromatic carbocycles. The van der Waals surface area contributed by atoms with Crippen LogP contribution in [-0.2, 0) is 0 Å². The van der Waals surface area contributed by atoms with Crippen LogP contribution in [0.4, 0.5) is 0 Å². The third-order valence-electron chi connectivity index (χ3n) is 6.07. The van der Waals surface area contributed by atoms with E-state index in [0.717, 1.165) is 0 Å². The third-order valence-corrected chi connectivity index (χ3v) is 6.07. The zero-order valence-electron chi connectivity index (χ0n) is 16.4. The Balaban J connectivity index is 1.69. The molecule has 1 fully saturated rings. The highest BCUT2D eigenvalue weighted by Crippen LogP contribution is 2.59. The Hall–Kier alpha value is -3.25. The molecule has 0 N–H and O–H groups in total. The molecule has 1 saturated carbocycles. The summed E-state index contributed by atoms with van der Waals surface area (Å²) in [7, 11) is 0. The second kappa shape index (κ2) is 8.01. The molecule has 0 nitrogen and oxygen atoms in total. The predicted molar refractivity (Wildman–Crippen MR) is 121 cm³/mol. The molecular weight excluding hydrogens is 348 g/mol. The lowest BCUT2D eigenvalue weighted by Crippen LogP contribution is -2.14. The van der Waals surface area contributed by atoms with Crippen molar-refractivity contribution in [2.45, 2.75) is 17.8 Å². The van der Waals surface area contributed by atoms with Crippen molar-refractivity contribution in [1.82, 2.24) is 0 Å². The van der Waals surface area contributed by atoms with Crippen LogP contribution in [0.3, 0.4) is 0 Å². The summed E-state index contributed by atoms with van der Waals surface area (Å²) in [5.41, 5.74) is 5.49. The van der Waals surface area contributed by atoms with Crippen LogP contribution in [0.2, 0.25) is 0 Å². The van der Waals surface area contributed by atoms with Crippen molar-refractivity contribution in [3.8, 4) is 0 Å². The highest BCUT2D eigenvalue weighted by Gasteiger charge is 2.34. The lowest BCUT2D eigenvalue weighted by atomic mass is 9.75. The van der Waals surface area contributed by atoms with Gasteiger partial charge < -0.3 is 12.3 Å². The average molecular weight is 373 g/mol. The van der Waals surface area contributed by atoms with E-state index in [-0.39, 0.29) is 0 Å². The Kier molecular flexibility index (Phi) is 4.92. The number of benzene rings is 4. The van der Waals surface area contributed by atoms with Gasteiger partial charge in [0.05, 0.1) is 0 Å². The molecule has 5 rings (SSSR count). The fourth-order valence-electron chi connectivity index (χ4n) is 4.81. The fourth-order valence-corrected chi connectivity index (χ4v) is 4.81. The molecule has 3 unspecified atom stereocenters. The molecule has 1 aliphatic carbocycles. The van der Waals surface area contributed by atoms with Gasteiger partial charge in [-0.05, 0) is 11.5 Å². The van der Waals surface area contributed by atoms with Crippen LogP contribution in [0.15, 0.2) is 121 Å². The Labute approximate surface area is 173 Å².